The molecule has 0 bridgehead atoms. The number of nitrogens with zero attached hydrogens (tertiary/aromatic N) is 6. The molecule has 1 N–H and O–H groups in total. The quantitative estimate of drug-likeness (QED) is 0.620. The van der Waals surface area contributed by atoms with Crippen molar-refractivity contribution in [1.29, 1.82) is 0 Å². The molecule has 1 saturated heterocycles. The number of hydrogen-bond acceptors (Lipinski definition) is 4. The van der Waals surface area contributed by atoms with E-state index < -0.39 is 0 Å². The number of rotatable bonds is 2. The number of carbonyl (C=O) groups excluding carboxylic acids is 1. The predicted molar refractivity (Wildman–Crippen MR) is 91.6 cm³/mol. The van der Waals surface area contributed by atoms with E-state index in [9.17, 15) is 4.79 Å². The SMILES string of the molecule is CN=C(NCc1nnc2n1CCCCC2)N1CCN(C(C)=O)CC1. The van der Waals surface area contributed by atoms with Gasteiger partial charge in [-0.15, -0.1) is 10.2 Å². The molecule has 1 amide bonds. The number of piperazine rings is 1. The summed E-state index contributed by atoms with van der Waals surface area (Å²) in [6.45, 7) is 6.36. The van der Waals surface area contributed by atoms with Crippen LogP contribution in [0.5, 0.6) is 0 Å². The zero-order chi connectivity index (χ0) is 16.9. The number of amides is 1. The van der Waals surface area contributed by atoms with Crippen molar-refractivity contribution in [2.24, 2.45) is 4.99 Å². The van der Waals surface area contributed by atoms with Crippen molar-refractivity contribution in [1.82, 2.24) is 29.9 Å². The second kappa shape index (κ2) is 7.63. The lowest BCUT2D eigenvalue weighted by Crippen LogP contribution is -2.53. The van der Waals surface area contributed by atoms with Crippen molar-refractivity contribution < 1.29 is 4.79 Å². The van der Waals surface area contributed by atoms with E-state index in [1.807, 2.05) is 4.90 Å². The van der Waals surface area contributed by atoms with Gasteiger partial charge in [-0.3, -0.25) is 9.79 Å². The van der Waals surface area contributed by atoms with E-state index in [1.165, 1.54) is 19.3 Å². The Morgan fingerprint density at radius 2 is 1.83 bits per heavy atom. The first-order chi connectivity index (χ1) is 11.7. The molecule has 0 aliphatic carbocycles. The summed E-state index contributed by atoms with van der Waals surface area (Å²) in [4.78, 5) is 19.9. The van der Waals surface area contributed by atoms with Crippen LogP contribution in [0.1, 0.15) is 37.8 Å². The molecule has 1 aromatic heterocycles. The minimum Gasteiger partial charge on any atom is -0.349 e. The van der Waals surface area contributed by atoms with Gasteiger partial charge < -0.3 is 19.7 Å². The van der Waals surface area contributed by atoms with Crippen LogP contribution in [0.2, 0.25) is 0 Å². The second-order valence-electron chi connectivity index (χ2n) is 6.39. The summed E-state index contributed by atoms with van der Waals surface area (Å²) in [5, 5.41) is 12.1. The van der Waals surface area contributed by atoms with Crippen molar-refractivity contribution in [3.05, 3.63) is 11.6 Å². The summed E-state index contributed by atoms with van der Waals surface area (Å²) in [5.74, 6) is 3.10. The van der Waals surface area contributed by atoms with Gasteiger partial charge >= 0.3 is 0 Å². The standard InChI is InChI=1S/C16H27N7O/c1-13(24)21-8-10-22(11-9-21)16(17-2)18-12-15-20-19-14-6-4-3-5-7-23(14)15/h3-12H2,1-2H3,(H,17,18). The fraction of sp³-hybridized carbons (Fsp3) is 0.750. The molecule has 3 heterocycles. The molecule has 0 saturated carbocycles. The molecule has 1 fully saturated rings. The average Bonchev–Trinajstić information content (AvgIpc) is 2.83. The number of carbonyl (C=O) groups is 1. The molecule has 0 atom stereocenters. The number of nitrogens with one attached hydrogen (secondary N) is 1. The van der Waals surface area contributed by atoms with Gasteiger partial charge in [-0.25, -0.2) is 0 Å². The highest BCUT2D eigenvalue weighted by Crippen LogP contribution is 2.14. The molecule has 1 aromatic rings. The van der Waals surface area contributed by atoms with Gasteiger partial charge in [0.15, 0.2) is 11.8 Å². The Morgan fingerprint density at radius 1 is 1.08 bits per heavy atom. The number of aryl methyl sites for hydroxylation is 1. The van der Waals surface area contributed by atoms with E-state index in [0.717, 1.165) is 56.8 Å². The fourth-order valence-corrected chi connectivity index (χ4v) is 3.40. The van der Waals surface area contributed by atoms with E-state index in [2.05, 4.69) is 30.0 Å². The molecule has 0 spiro atoms. The molecule has 2 aliphatic rings. The molecule has 2 aliphatic heterocycles. The third kappa shape index (κ3) is 3.68. The van der Waals surface area contributed by atoms with E-state index in [1.54, 1.807) is 14.0 Å². The summed E-state index contributed by atoms with van der Waals surface area (Å²) in [6.07, 6.45) is 4.68. The van der Waals surface area contributed by atoms with Gasteiger partial charge in [-0.05, 0) is 12.8 Å². The Balaban J connectivity index is 1.57. The van der Waals surface area contributed by atoms with Gasteiger partial charge in [-0.1, -0.05) is 6.42 Å². The molecule has 8 nitrogen and oxygen atoms in total. The van der Waals surface area contributed by atoms with E-state index in [0.29, 0.717) is 6.54 Å². The van der Waals surface area contributed by atoms with E-state index in [-0.39, 0.29) is 5.91 Å². The van der Waals surface area contributed by atoms with Gasteiger partial charge in [-0.2, -0.15) is 0 Å². The van der Waals surface area contributed by atoms with Gasteiger partial charge in [0, 0.05) is 53.1 Å². The lowest BCUT2D eigenvalue weighted by Gasteiger charge is -2.36. The molecule has 8 heteroatoms. The van der Waals surface area contributed by atoms with Crippen molar-refractivity contribution in [3.63, 3.8) is 0 Å². The van der Waals surface area contributed by atoms with Crippen LogP contribution in [0.25, 0.3) is 0 Å². The smallest absolute Gasteiger partial charge is 0.219 e. The number of aliphatic imine (C=N–C) groups is 1. The number of fused-ring (bicyclic) bond motifs is 1. The lowest BCUT2D eigenvalue weighted by atomic mass is 10.2. The molecule has 0 aromatic carbocycles. The van der Waals surface area contributed by atoms with Crippen LogP contribution in [0.3, 0.4) is 0 Å². The first kappa shape index (κ1) is 16.7. The Morgan fingerprint density at radius 3 is 2.54 bits per heavy atom. The van der Waals surface area contributed by atoms with Gasteiger partial charge in [0.2, 0.25) is 5.91 Å². The minimum absolute atomic E-state index is 0.142. The molecule has 3 rings (SSSR count). The fourth-order valence-electron chi connectivity index (χ4n) is 3.40. The summed E-state index contributed by atoms with van der Waals surface area (Å²) < 4.78 is 2.25. The first-order valence-corrected chi connectivity index (χ1v) is 8.81. The van der Waals surface area contributed by atoms with Gasteiger partial charge in [0.25, 0.3) is 0 Å². The monoisotopic (exact) mass is 333 g/mol. The predicted octanol–water partition coefficient (Wildman–Crippen LogP) is 0.244. The summed E-state index contributed by atoms with van der Waals surface area (Å²) >= 11 is 0. The van der Waals surface area contributed by atoms with Crippen LogP contribution in [-0.2, 0) is 24.3 Å². The maximum absolute atomic E-state index is 11.4. The third-order valence-electron chi connectivity index (χ3n) is 4.83. The zero-order valence-electron chi connectivity index (χ0n) is 14.7. The number of hydrogen-bond donors (Lipinski definition) is 1. The summed E-state index contributed by atoms with van der Waals surface area (Å²) in [5.41, 5.74) is 0. The summed E-state index contributed by atoms with van der Waals surface area (Å²) in [6, 6.07) is 0. The van der Waals surface area contributed by atoms with Crippen LogP contribution >= 0.6 is 0 Å². The normalized spacial score (nSPS) is 19.0. The molecule has 0 radical (unpaired) electrons. The molecular formula is C16H27N7O. The number of guanidine groups is 1. The Bertz CT molecular complexity index is 602. The second-order valence-corrected chi connectivity index (χ2v) is 6.39. The molecule has 24 heavy (non-hydrogen) atoms. The minimum atomic E-state index is 0.142. The van der Waals surface area contributed by atoms with Gasteiger partial charge in [0.1, 0.15) is 5.82 Å². The van der Waals surface area contributed by atoms with Crippen molar-refractivity contribution in [2.45, 2.75) is 45.7 Å². The van der Waals surface area contributed by atoms with Crippen molar-refractivity contribution in [2.75, 3.05) is 33.2 Å². The van der Waals surface area contributed by atoms with E-state index >= 15 is 0 Å². The Labute approximate surface area is 142 Å². The lowest BCUT2D eigenvalue weighted by molar-refractivity contribution is -0.130. The van der Waals surface area contributed by atoms with Crippen molar-refractivity contribution >= 4 is 11.9 Å². The largest absolute Gasteiger partial charge is 0.349 e. The highest BCUT2D eigenvalue weighted by molar-refractivity contribution is 5.80. The maximum Gasteiger partial charge on any atom is 0.219 e. The molecular weight excluding hydrogens is 306 g/mol. The first-order valence-electron chi connectivity index (χ1n) is 8.81. The highest BCUT2D eigenvalue weighted by Gasteiger charge is 2.21. The Hall–Kier alpha value is -2.12. The van der Waals surface area contributed by atoms with Crippen LogP contribution < -0.4 is 5.32 Å². The zero-order valence-corrected chi connectivity index (χ0v) is 14.7. The average molecular weight is 333 g/mol. The van der Waals surface area contributed by atoms with Gasteiger partial charge in [0.05, 0.1) is 6.54 Å². The van der Waals surface area contributed by atoms with E-state index in [4.69, 9.17) is 0 Å². The molecule has 132 valence electrons. The number of aromatic nitrogens is 3. The van der Waals surface area contributed by atoms with Crippen LogP contribution in [0.15, 0.2) is 4.99 Å². The van der Waals surface area contributed by atoms with Crippen LogP contribution in [0.4, 0.5) is 0 Å². The molecule has 0 unspecified atom stereocenters. The van der Waals surface area contributed by atoms with Crippen LogP contribution in [0, 0.1) is 0 Å². The third-order valence-corrected chi connectivity index (χ3v) is 4.83. The maximum atomic E-state index is 11.4. The van der Waals surface area contributed by atoms with Crippen LogP contribution in [-0.4, -0.2) is 69.7 Å². The summed E-state index contributed by atoms with van der Waals surface area (Å²) in [7, 11) is 1.80. The highest BCUT2D eigenvalue weighted by atomic mass is 16.2. The Kier molecular flexibility index (Phi) is 5.32. The van der Waals surface area contributed by atoms with Crippen molar-refractivity contribution in [3.8, 4) is 0 Å². The topological polar surface area (TPSA) is 78.7 Å².